The first kappa shape index (κ1) is 19.7. The first-order valence-electron chi connectivity index (χ1n) is 7.85. The van der Waals surface area contributed by atoms with E-state index in [-0.39, 0.29) is 38.9 Å². The van der Waals surface area contributed by atoms with Crippen LogP contribution in [-0.2, 0) is 21.3 Å². The van der Waals surface area contributed by atoms with Gasteiger partial charge in [0, 0.05) is 5.56 Å². The lowest BCUT2D eigenvalue weighted by Gasteiger charge is -2.13. The Hall–Kier alpha value is -2.09. The van der Waals surface area contributed by atoms with Crippen LogP contribution in [0.15, 0.2) is 36.4 Å². The maximum Gasteiger partial charge on any atom is 0.278 e. The van der Waals surface area contributed by atoms with Crippen molar-refractivity contribution in [3.8, 4) is 11.8 Å². The highest BCUT2D eigenvalue weighted by molar-refractivity contribution is 7.89. The molecule has 0 radical (unpaired) electrons. The van der Waals surface area contributed by atoms with Crippen molar-refractivity contribution in [2.24, 2.45) is 0 Å². The third kappa shape index (κ3) is 4.26. The lowest BCUT2D eigenvalue weighted by atomic mass is 10.2. The molecule has 0 saturated heterocycles. The molecule has 27 heavy (non-hydrogen) atoms. The average Bonchev–Trinajstić information content (AvgIpc) is 2.65. The van der Waals surface area contributed by atoms with Crippen LogP contribution >= 0.6 is 23.2 Å². The molecule has 0 aliphatic carbocycles. The molecule has 0 atom stereocenters. The molecule has 0 aliphatic rings. The maximum absolute atomic E-state index is 12.7. The van der Waals surface area contributed by atoms with Gasteiger partial charge in [-0.2, -0.15) is 0 Å². The fourth-order valence-corrected chi connectivity index (χ4v) is 4.70. The topological polar surface area (TPSA) is 78.4 Å². The van der Waals surface area contributed by atoms with Gasteiger partial charge in [0.05, 0.1) is 46.8 Å². The molecule has 3 rings (SSSR count). The number of nitrogens with zero attached hydrogens (tertiary/aromatic N) is 2. The van der Waals surface area contributed by atoms with Crippen molar-refractivity contribution >= 4 is 44.1 Å². The van der Waals surface area contributed by atoms with Gasteiger partial charge in [-0.1, -0.05) is 53.5 Å². The summed E-state index contributed by atoms with van der Waals surface area (Å²) in [6, 6.07) is 10.4. The van der Waals surface area contributed by atoms with E-state index >= 15 is 0 Å². The number of rotatable bonds is 6. The van der Waals surface area contributed by atoms with E-state index in [1.54, 1.807) is 24.3 Å². The molecule has 0 aliphatic heterocycles. The van der Waals surface area contributed by atoms with Crippen LogP contribution in [-0.4, -0.2) is 32.6 Å². The molecule has 2 aromatic carbocycles. The molecule has 0 unspecified atom stereocenters. The first-order valence-corrected chi connectivity index (χ1v) is 10.4. The van der Waals surface area contributed by atoms with Crippen LogP contribution in [0.5, 0.6) is 11.8 Å². The highest BCUT2D eigenvalue weighted by Crippen LogP contribution is 2.36. The van der Waals surface area contributed by atoms with Crippen molar-refractivity contribution < 1.29 is 17.9 Å². The Labute approximate surface area is 167 Å². The standard InChI is InChI=1S/C18H16Cl2N2O4S/c1-25-17-18(26-2)22-16-12(15(20)13(19)8-14(16)21-17)10-27(23,24)9-11-6-4-3-5-7-11/h3-8H,9-10H2,1-2H3. The van der Waals surface area contributed by atoms with E-state index < -0.39 is 9.84 Å². The van der Waals surface area contributed by atoms with Gasteiger partial charge in [0.2, 0.25) is 0 Å². The maximum atomic E-state index is 12.7. The fraction of sp³-hybridized carbons (Fsp3) is 0.222. The third-order valence-electron chi connectivity index (χ3n) is 3.87. The van der Waals surface area contributed by atoms with Crippen molar-refractivity contribution in [2.45, 2.75) is 11.5 Å². The highest BCUT2D eigenvalue weighted by Gasteiger charge is 2.22. The summed E-state index contributed by atoms with van der Waals surface area (Å²) in [7, 11) is -0.687. The second-order valence-corrected chi connectivity index (χ2v) is 8.63. The summed E-state index contributed by atoms with van der Waals surface area (Å²) < 4.78 is 35.8. The lowest BCUT2D eigenvalue weighted by molar-refractivity contribution is 0.334. The summed E-state index contributed by atoms with van der Waals surface area (Å²) in [6.45, 7) is 0. The summed E-state index contributed by atoms with van der Waals surface area (Å²) in [5.74, 6) is -0.160. The molecule has 0 N–H and O–H groups in total. The largest absolute Gasteiger partial charge is 0.477 e. The van der Waals surface area contributed by atoms with E-state index in [4.69, 9.17) is 32.7 Å². The van der Waals surface area contributed by atoms with E-state index in [1.165, 1.54) is 20.3 Å². The smallest absolute Gasteiger partial charge is 0.278 e. The van der Waals surface area contributed by atoms with Gasteiger partial charge in [-0.25, -0.2) is 18.4 Å². The van der Waals surface area contributed by atoms with E-state index in [9.17, 15) is 8.42 Å². The number of benzene rings is 2. The molecule has 0 amide bonds. The van der Waals surface area contributed by atoms with Crippen LogP contribution < -0.4 is 9.47 Å². The minimum atomic E-state index is -3.54. The summed E-state index contributed by atoms with van der Waals surface area (Å²) in [5.41, 5.74) is 1.64. The number of halogens is 2. The van der Waals surface area contributed by atoms with E-state index in [2.05, 4.69) is 9.97 Å². The number of hydrogen-bond donors (Lipinski definition) is 0. The molecular formula is C18H16Cl2N2O4S. The van der Waals surface area contributed by atoms with Crippen molar-refractivity contribution in [3.05, 3.63) is 57.6 Å². The Bertz CT molecular complexity index is 1090. The molecule has 0 saturated carbocycles. The first-order chi connectivity index (χ1) is 12.8. The van der Waals surface area contributed by atoms with Crippen molar-refractivity contribution in [2.75, 3.05) is 14.2 Å². The number of aromatic nitrogens is 2. The zero-order valence-electron chi connectivity index (χ0n) is 14.6. The van der Waals surface area contributed by atoms with Crippen molar-refractivity contribution in [3.63, 3.8) is 0 Å². The molecule has 0 fully saturated rings. The minimum absolute atomic E-state index is 0.126. The monoisotopic (exact) mass is 426 g/mol. The zero-order chi connectivity index (χ0) is 19.6. The molecule has 6 nitrogen and oxygen atoms in total. The van der Waals surface area contributed by atoms with Gasteiger partial charge in [0.1, 0.15) is 0 Å². The van der Waals surface area contributed by atoms with E-state index in [1.807, 2.05) is 6.07 Å². The van der Waals surface area contributed by atoms with Crippen LogP contribution in [0, 0.1) is 0 Å². The predicted molar refractivity (Wildman–Crippen MR) is 105 cm³/mol. The predicted octanol–water partition coefficient (Wildman–Crippen LogP) is 4.07. The molecule has 142 valence electrons. The zero-order valence-corrected chi connectivity index (χ0v) is 16.9. The second kappa shape index (κ2) is 7.88. The molecule has 1 aromatic heterocycles. The molecule has 0 bridgehead atoms. The van der Waals surface area contributed by atoms with Crippen LogP contribution in [0.2, 0.25) is 10.0 Å². The Morgan fingerprint density at radius 2 is 1.59 bits per heavy atom. The van der Waals surface area contributed by atoms with Gasteiger partial charge in [0.15, 0.2) is 9.84 Å². The van der Waals surface area contributed by atoms with E-state index in [0.29, 0.717) is 16.6 Å². The quantitative estimate of drug-likeness (QED) is 0.590. The number of fused-ring (bicyclic) bond motifs is 1. The normalized spacial score (nSPS) is 11.6. The Morgan fingerprint density at radius 3 is 2.22 bits per heavy atom. The van der Waals surface area contributed by atoms with Gasteiger partial charge in [-0.15, -0.1) is 0 Å². The van der Waals surface area contributed by atoms with Crippen LogP contribution in [0.25, 0.3) is 11.0 Å². The highest BCUT2D eigenvalue weighted by atomic mass is 35.5. The fourth-order valence-electron chi connectivity index (χ4n) is 2.67. The SMILES string of the molecule is COc1nc2cc(Cl)c(Cl)c(CS(=O)(=O)Cc3ccccc3)c2nc1OC. The number of sulfone groups is 1. The molecule has 1 heterocycles. The van der Waals surface area contributed by atoms with Gasteiger partial charge in [-0.3, -0.25) is 0 Å². The third-order valence-corrected chi connectivity index (χ3v) is 6.19. The van der Waals surface area contributed by atoms with Gasteiger partial charge >= 0.3 is 0 Å². The number of ether oxygens (including phenoxy) is 2. The summed E-state index contributed by atoms with van der Waals surface area (Å²) in [5, 5.41) is 0.318. The van der Waals surface area contributed by atoms with Crippen molar-refractivity contribution in [1.82, 2.24) is 9.97 Å². The van der Waals surface area contributed by atoms with Gasteiger partial charge in [-0.05, 0) is 11.6 Å². The average molecular weight is 427 g/mol. The molecule has 9 heteroatoms. The Morgan fingerprint density at radius 1 is 0.963 bits per heavy atom. The summed E-state index contributed by atoms with van der Waals surface area (Å²) in [6.07, 6.45) is 0. The molecule has 3 aromatic rings. The number of hydrogen-bond acceptors (Lipinski definition) is 6. The van der Waals surface area contributed by atoms with Crippen LogP contribution in [0.1, 0.15) is 11.1 Å². The molecular weight excluding hydrogens is 411 g/mol. The summed E-state index contributed by atoms with van der Waals surface area (Å²) >= 11 is 12.5. The van der Waals surface area contributed by atoms with E-state index in [0.717, 1.165) is 0 Å². The second-order valence-electron chi connectivity index (χ2n) is 5.78. The Kier molecular flexibility index (Phi) is 5.74. The van der Waals surface area contributed by atoms with Crippen molar-refractivity contribution in [1.29, 1.82) is 0 Å². The summed E-state index contributed by atoms with van der Waals surface area (Å²) in [4.78, 5) is 8.63. The van der Waals surface area contributed by atoms with Crippen LogP contribution in [0.4, 0.5) is 0 Å². The number of methoxy groups -OCH3 is 2. The minimum Gasteiger partial charge on any atom is -0.477 e. The van der Waals surface area contributed by atoms with Gasteiger partial charge < -0.3 is 9.47 Å². The lowest BCUT2D eigenvalue weighted by Crippen LogP contribution is -2.10. The van der Waals surface area contributed by atoms with Gasteiger partial charge in [0.25, 0.3) is 11.8 Å². The Balaban J connectivity index is 2.11. The van der Waals surface area contributed by atoms with Crippen LogP contribution in [0.3, 0.4) is 0 Å². The molecule has 0 spiro atoms.